The molecule has 3 nitrogen and oxygen atoms in total. The Labute approximate surface area is 61.0 Å². The third-order valence-electron chi connectivity index (χ3n) is 0.942. The minimum atomic E-state index is -0.511. The highest BCUT2D eigenvalue weighted by molar-refractivity contribution is 5.66. The van der Waals surface area contributed by atoms with E-state index in [9.17, 15) is 0 Å². The molecule has 3 heteroatoms. The van der Waals surface area contributed by atoms with Gasteiger partial charge < -0.3 is 9.94 Å². The van der Waals surface area contributed by atoms with E-state index in [-0.39, 0.29) is 0 Å². The monoisotopic (exact) mass is 143 g/mol. The van der Waals surface area contributed by atoms with Crippen LogP contribution in [0.25, 0.3) is 0 Å². The van der Waals surface area contributed by atoms with Crippen LogP contribution in [0, 0.1) is 0 Å². The zero-order valence-electron chi connectivity index (χ0n) is 6.37. The summed E-state index contributed by atoms with van der Waals surface area (Å²) in [4.78, 5) is 0. The average molecular weight is 143 g/mol. The summed E-state index contributed by atoms with van der Waals surface area (Å²) in [5.41, 5.74) is -0.511. The fraction of sp³-hybridized carbons (Fsp3) is 0.571. The maximum absolute atomic E-state index is 8.16. The van der Waals surface area contributed by atoms with Crippen LogP contribution in [0.15, 0.2) is 17.8 Å². The van der Waals surface area contributed by atoms with E-state index in [1.165, 1.54) is 6.21 Å². The largest absolute Gasteiger partial charge is 0.411 e. The molecule has 0 aromatic rings. The zero-order chi connectivity index (χ0) is 8.04. The molecule has 0 saturated heterocycles. The molecule has 0 spiro atoms. The quantitative estimate of drug-likeness (QED) is 0.280. The Bertz CT molecular complexity index is 130. The number of ether oxygens (including phenoxy) is 1. The fourth-order valence-electron chi connectivity index (χ4n) is 0.450. The lowest BCUT2D eigenvalue weighted by molar-refractivity contribution is 0.0569. The lowest BCUT2D eigenvalue weighted by atomic mass is 10.2. The molecule has 1 N–H and O–H groups in total. The van der Waals surface area contributed by atoms with Crippen LogP contribution < -0.4 is 0 Å². The van der Waals surface area contributed by atoms with Crippen LogP contribution in [0.4, 0.5) is 0 Å². The number of hydrogen-bond acceptors (Lipinski definition) is 3. The Kier molecular flexibility index (Phi) is 3.72. The lowest BCUT2D eigenvalue weighted by Crippen LogP contribution is -2.26. The normalized spacial score (nSPS) is 12.2. The van der Waals surface area contributed by atoms with Gasteiger partial charge in [0.25, 0.3) is 0 Å². The maximum atomic E-state index is 8.16. The lowest BCUT2D eigenvalue weighted by Gasteiger charge is -2.17. The standard InChI is InChI=1S/C7H13NO2/c1-4-5-10-7(2,3)6-8-9/h4,6,9H,1,5H2,2-3H3. The number of hydrogen-bond donors (Lipinski definition) is 1. The van der Waals surface area contributed by atoms with Gasteiger partial charge in [0.15, 0.2) is 0 Å². The molecule has 0 aliphatic carbocycles. The van der Waals surface area contributed by atoms with Crippen molar-refractivity contribution in [3.05, 3.63) is 12.7 Å². The maximum Gasteiger partial charge on any atom is 0.101 e. The average Bonchev–Trinajstić information content (AvgIpc) is 1.84. The van der Waals surface area contributed by atoms with Crippen molar-refractivity contribution in [2.24, 2.45) is 5.16 Å². The topological polar surface area (TPSA) is 41.8 Å². The van der Waals surface area contributed by atoms with E-state index in [0.717, 1.165) is 0 Å². The van der Waals surface area contributed by atoms with E-state index >= 15 is 0 Å². The van der Waals surface area contributed by atoms with Crippen LogP contribution in [0.2, 0.25) is 0 Å². The molecular formula is C7H13NO2. The number of rotatable bonds is 4. The van der Waals surface area contributed by atoms with Crippen LogP contribution in [0.3, 0.4) is 0 Å². The van der Waals surface area contributed by atoms with Gasteiger partial charge in [-0.1, -0.05) is 11.2 Å². The third-order valence-corrected chi connectivity index (χ3v) is 0.942. The molecule has 0 rings (SSSR count). The Hall–Kier alpha value is -0.830. The third kappa shape index (κ3) is 4.09. The van der Waals surface area contributed by atoms with Crippen molar-refractivity contribution in [3.63, 3.8) is 0 Å². The first-order valence-electron chi connectivity index (χ1n) is 3.06. The molecule has 0 radical (unpaired) electrons. The van der Waals surface area contributed by atoms with Crippen LogP contribution in [0.1, 0.15) is 13.8 Å². The molecule has 0 aromatic carbocycles. The molecule has 10 heavy (non-hydrogen) atoms. The van der Waals surface area contributed by atoms with Crippen LogP contribution in [-0.4, -0.2) is 23.6 Å². The molecule has 0 heterocycles. The molecule has 58 valence electrons. The van der Waals surface area contributed by atoms with Crippen molar-refractivity contribution >= 4 is 6.21 Å². The first kappa shape index (κ1) is 9.17. The number of oxime groups is 1. The van der Waals surface area contributed by atoms with Crippen LogP contribution in [0.5, 0.6) is 0 Å². The summed E-state index contributed by atoms with van der Waals surface area (Å²) in [7, 11) is 0. The highest BCUT2D eigenvalue weighted by Gasteiger charge is 2.13. The molecule has 0 aromatic heterocycles. The second-order valence-electron chi connectivity index (χ2n) is 2.45. The van der Waals surface area contributed by atoms with Gasteiger partial charge in [-0.3, -0.25) is 0 Å². The summed E-state index contributed by atoms with van der Waals surface area (Å²) in [5, 5.41) is 11.0. The molecule has 0 fully saturated rings. The van der Waals surface area contributed by atoms with Crippen LogP contribution in [-0.2, 0) is 4.74 Å². The van der Waals surface area contributed by atoms with Gasteiger partial charge in [0.1, 0.15) is 5.60 Å². The highest BCUT2D eigenvalue weighted by atomic mass is 16.5. The van der Waals surface area contributed by atoms with Gasteiger partial charge in [0.2, 0.25) is 0 Å². The summed E-state index contributed by atoms with van der Waals surface area (Å²) >= 11 is 0. The van der Waals surface area contributed by atoms with Gasteiger partial charge in [-0.25, -0.2) is 0 Å². The first-order valence-corrected chi connectivity index (χ1v) is 3.06. The molecule has 0 amide bonds. The van der Waals surface area contributed by atoms with E-state index in [1.54, 1.807) is 19.9 Å². The summed E-state index contributed by atoms with van der Waals surface area (Å²) in [6.07, 6.45) is 2.98. The zero-order valence-corrected chi connectivity index (χ0v) is 6.37. The fourth-order valence-corrected chi connectivity index (χ4v) is 0.450. The molecule has 0 atom stereocenters. The summed E-state index contributed by atoms with van der Waals surface area (Å²) in [5.74, 6) is 0. The van der Waals surface area contributed by atoms with Crippen molar-refractivity contribution in [3.8, 4) is 0 Å². The molecule has 0 unspecified atom stereocenters. The van der Waals surface area contributed by atoms with Gasteiger partial charge in [0, 0.05) is 0 Å². The first-order chi connectivity index (χ1) is 4.62. The smallest absolute Gasteiger partial charge is 0.101 e. The van der Waals surface area contributed by atoms with Crippen molar-refractivity contribution < 1.29 is 9.94 Å². The van der Waals surface area contributed by atoms with E-state index in [0.29, 0.717) is 6.61 Å². The minimum absolute atomic E-state index is 0.457. The molecule has 0 aliphatic rings. The number of nitrogens with zero attached hydrogens (tertiary/aromatic N) is 1. The Balaban J connectivity index is 3.73. The second kappa shape index (κ2) is 4.06. The molecule has 0 bridgehead atoms. The predicted octanol–water partition coefficient (Wildman–Crippen LogP) is 1.43. The minimum Gasteiger partial charge on any atom is -0.411 e. The van der Waals surface area contributed by atoms with Gasteiger partial charge in [-0.05, 0) is 13.8 Å². The highest BCUT2D eigenvalue weighted by Crippen LogP contribution is 2.04. The van der Waals surface area contributed by atoms with Crippen molar-refractivity contribution in [1.29, 1.82) is 0 Å². The van der Waals surface area contributed by atoms with Crippen molar-refractivity contribution in [2.75, 3.05) is 6.61 Å². The summed E-state index contributed by atoms with van der Waals surface area (Å²) < 4.78 is 5.19. The van der Waals surface area contributed by atoms with Crippen molar-refractivity contribution in [1.82, 2.24) is 0 Å². The van der Waals surface area contributed by atoms with Gasteiger partial charge >= 0.3 is 0 Å². The molecule has 0 saturated carbocycles. The Morgan fingerprint density at radius 1 is 1.70 bits per heavy atom. The Morgan fingerprint density at radius 3 is 2.70 bits per heavy atom. The van der Waals surface area contributed by atoms with E-state index in [4.69, 9.17) is 9.94 Å². The summed E-state index contributed by atoms with van der Waals surface area (Å²) in [6.45, 7) is 7.55. The SMILES string of the molecule is C=CCOC(C)(C)C=NO. The van der Waals surface area contributed by atoms with E-state index in [1.807, 2.05) is 0 Å². The second-order valence-corrected chi connectivity index (χ2v) is 2.45. The predicted molar refractivity (Wildman–Crippen MR) is 40.5 cm³/mol. The van der Waals surface area contributed by atoms with Gasteiger partial charge in [-0.2, -0.15) is 0 Å². The van der Waals surface area contributed by atoms with Gasteiger partial charge in [0.05, 0.1) is 12.8 Å². The van der Waals surface area contributed by atoms with Crippen LogP contribution >= 0.6 is 0 Å². The Morgan fingerprint density at radius 2 is 2.30 bits per heavy atom. The molecular weight excluding hydrogens is 130 g/mol. The van der Waals surface area contributed by atoms with E-state index in [2.05, 4.69) is 11.7 Å². The molecule has 0 aliphatic heterocycles. The summed E-state index contributed by atoms with van der Waals surface area (Å²) in [6, 6.07) is 0. The van der Waals surface area contributed by atoms with Crippen molar-refractivity contribution in [2.45, 2.75) is 19.4 Å². The van der Waals surface area contributed by atoms with Gasteiger partial charge in [-0.15, -0.1) is 6.58 Å². The van der Waals surface area contributed by atoms with E-state index < -0.39 is 5.60 Å².